The Morgan fingerprint density at radius 1 is 0.909 bits per heavy atom. The van der Waals surface area contributed by atoms with E-state index in [1.165, 1.54) is 0 Å². The molecule has 0 radical (unpaired) electrons. The third kappa shape index (κ3) is 4.12. The van der Waals surface area contributed by atoms with E-state index < -0.39 is 5.97 Å². The van der Waals surface area contributed by atoms with Crippen LogP contribution < -0.4 is 0 Å². The number of aromatic hydroxyl groups is 1. The molecule has 0 amide bonds. The summed E-state index contributed by atoms with van der Waals surface area (Å²) in [5.74, 6) is -0.486. The monoisotopic (exact) mass is 517 g/mol. The van der Waals surface area contributed by atoms with Crippen molar-refractivity contribution in [2.75, 3.05) is 0 Å². The summed E-state index contributed by atoms with van der Waals surface area (Å²) in [6.07, 6.45) is 0. The highest BCUT2D eigenvalue weighted by Gasteiger charge is 2.24. The molecule has 1 heterocycles. The van der Waals surface area contributed by atoms with Crippen molar-refractivity contribution in [2.45, 2.75) is 17.2 Å². The number of carbonyl (C=O) groups is 1. The van der Waals surface area contributed by atoms with Crippen LogP contribution in [0.5, 0.6) is 5.75 Å². The van der Waals surface area contributed by atoms with Gasteiger partial charge >= 0.3 is 5.97 Å². The zero-order valence-electron chi connectivity index (χ0n) is 17.5. The van der Waals surface area contributed by atoms with E-state index in [9.17, 15) is 15.0 Å². The van der Waals surface area contributed by atoms with E-state index in [4.69, 9.17) is 0 Å². The summed E-state index contributed by atoms with van der Waals surface area (Å²) in [4.78, 5) is 13.5. The van der Waals surface area contributed by atoms with Gasteiger partial charge in [-0.05, 0) is 56.5 Å². The Kier molecular flexibility index (Phi) is 5.87. The van der Waals surface area contributed by atoms with E-state index in [-0.39, 0.29) is 11.3 Å². The summed E-state index contributed by atoms with van der Waals surface area (Å²) in [7, 11) is 0. The minimum atomic E-state index is -0.998. The number of phenols is 1. The number of carboxylic acid groups (broad SMARTS) is 1. The van der Waals surface area contributed by atoms with Gasteiger partial charge in [-0.15, -0.1) is 11.8 Å². The van der Waals surface area contributed by atoms with Gasteiger partial charge in [0.2, 0.25) is 0 Å². The van der Waals surface area contributed by atoms with Crippen molar-refractivity contribution in [1.82, 2.24) is 4.57 Å². The number of aromatic nitrogens is 1. The molecule has 0 saturated heterocycles. The Labute approximate surface area is 203 Å². The van der Waals surface area contributed by atoms with Crippen LogP contribution in [0.3, 0.4) is 0 Å². The van der Waals surface area contributed by atoms with Crippen molar-refractivity contribution in [3.8, 4) is 5.75 Å². The summed E-state index contributed by atoms with van der Waals surface area (Å²) in [5.41, 5.74) is 2.83. The molecule has 0 aliphatic carbocycles. The van der Waals surface area contributed by atoms with Gasteiger partial charge in [-0.2, -0.15) is 0 Å². The van der Waals surface area contributed by atoms with Crippen LogP contribution in [-0.4, -0.2) is 20.7 Å². The first-order chi connectivity index (χ1) is 16.0. The molecule has 4 nitrogen and oxygen atoms in total. The Bertz CT molecular complexity index is 1490. The molecule has 2 N–H and O–H groups in total. The fraction of sp³-hybridized carbons (Fsp3) is 0.0741. The van der Waals surface area contributed by atoms with Crippen LogP contribution in [0.2, 0.25) is 0 Å². The number of halogens is 1. The predicted octanol–water partition coefficient (Wildman–Crippen LogP) is 7.30. The Morgan fingerprint density at radius 3 is 2.42 bits per heavy atom. The molecule has 0 aliphatic heterocycles. The smallest absolute Gasteiger partial charge is 0.338 e. The zero-order valence-corrected chi connectivity index (χ0v) is 19.9. The largest absolute Gasteiger partial charge is 0.507 e. The molecule has 4 aromatic carbocycles. The second-order valence-electron chi connectivity index (χ2n) is 7.77. The van der Waals surface area contributed by atoms with E-state index in [1.807, 2.05) is 48.5 Å². The lowest BCUT2D eigenvalue weighted by atomic mass is 10.0. The van der Waals surface area contributed by atoms with Crippen LogP contribution in [0.1, 0.15) is 21.6 Å². The van der Waals surface area contributed by atoms with E-state index in [2.05, 4.69) is 44.8 Å². The van der Waals surface area contributed by atoms with Gasteiger partial charge in [-0.25, -0.2) is 4.79 Å². The number of fused-ring (bicyclic) bond motifs is 2. The fourth-order valence-electron chi connectivity index (χ4n) is 4.25. The number of carboxylic acids is 1. The lowest BCUT2D eigenvalue weighted by molar-refractivity contribution is 0.0698. The SMILES string of the molecule is O=C(O)c1c(CSc2ccccc2)n(Cc2cccc3ccccc23)c2cc(Br)c(O)cc12. The third-order valence-electron chi connectivity index (χ3n) is 5.78. The van der Waals surface area contributed by atoms with Crippen molar-refractivity contribution in [2.24, 2.45) is 0 Å². The highest BCUT2D eigenvalue weighted by atomic mass is 79.9. The first-order valence-electron chi connectivity index (χ1n) is 10.4. The number of thioether (sulfide) groups is 1. The zero-order chi connectivity index (χ0) is 22.9. The molecule has 33 heavy (non-hydrogen) atoms. The van der Waals surface area contributed by atoms with Crippen molar-refractivity contribution in [1.29, 1.82) is 0 Å². The normalized spacial score (nSPS) is 11.3. The first kappa shape index (κ1) is 21.6. The highest BCUT2D eigenvalue weighted by molar-refractivity contribution is 9.10. The topological polar surface area (TPSA) is 62.5 Å². The van der Waals surface area contributed by atoms with Crippen LogP contribution in [0.4, 0.5) is 0 Å². The number of rotatable bonds is 6. The number of nitrogens with zero attached hydrogens (tertiary/aromatic N) is 1. The average molecular weight is 518 g/mol. The van der Waals surface area contributed by atoms with Crippen LogP contribution >= 0.6 is 27.7 Å². The Hall–Kier alpha value is -3.22. The van der Waals surface area contributed by atoms with Gasteiger partial charge in [0.05, 0.1) is 15.6 Å². The average Bonchev–Trinajstić information content (AvgIpc) is 3.11. The molecule has 0 saturated carbocycles. The predicted molar refractivity (Wildman–Crippen MR) is 137 cm³/mol. The van der Waals surface area contributed by atoms with Crippen LogP contribution in [-0.2, 0) is 12.3 Å². The van der Waals surface area contributed by atoms with Gasteiger partial charge in [0.1, 0.15) is 5.75 Å². The molecule has 0 fully saturated rings. The number of hydrogen-bond donors (Lipinski definition) is 2. The summed E-state index contributed by atoms with van der Waals surface area (Å²) >= 11 is 5.01. The molecule has 0 spiro atoms. The lowest BCUT2D eigenvalue weighted by Gasteiger charge is -2.14. The molecule has 0 aliphatic rings. The molecule has 5 rings (SSSR count). The van der Waals surface area contributed by atoms with Gasteiger partial charge in [0.25, 0.3) is 0 Å². The summed E-state index contributed by atoms with van der Waals surface area (Å²) < 4.78 is 2.60. The molecule has 6 heteroatoms. The van der Waals surface area contributed by atoms with E-state index in [1.54, 1.807) is 23.9 Å². The lowest BCUT2D eigenvalue weighted by Crippen LogP contribution is -2.08. The molecule has 0 atom stereocenters. The number of aromatic carboxylic acids is 1. The van der Waals surface area contributed by atoms with E-state index in [0.717, 1.165) is 32.4 Å². The second-order valence-corrected chi connectivity index (χ2v) is 9.68. The maximum Gasteiger partial charge on any atom is 0.338 e. The van der Waals surface area contributed by atoms with E-state index >= 15 is 0 Å². The summed E-state index contributed by atoms with van der Waals surface area (Å²) in [6, 6.07) is 27.7. The fourth-order valence-corrected chi connectivity index (χ4v) is 5.53. The van der Waals surface area contributed by atoms with Crippen molar-refractivity contribution in [3.63, 3.8) is 0 Å². The number of benzene rings is 4. The van der Waals surface area contributed by atoms with Gasteiger partial charge in [0.15, 0.2) is 0 Å². The Morgan fingerprint density at radius 2 is 1.64 bits per heavy atom. The third-order valence-corrected chi connectivity index (χ3v) is 7.44. The molecule has 0 unspecified atom stereocenters. The highest BCUT2D eigenvalue weighted by Crippen LogP contribution is 2.37. The number of hydrogen-bond acceptors (Lipinski definition) is 3. The molecular formula is C27H20BrNO3S. The van der Waals surface area contributed by atoms with Gasteiger partial charge in [-0.3, -0.25) is 0 Å². The standard InChI is InChI=1S/C27H20BrNO3S/c28-22-14-23-21(13-25(22)30)26(27(31)32)24(16-33-19-10-2-1-3-11-19)29(23)15-18-9-6-8-17-7-4-5-12-20(17)18/h1-14,30H,15-16H2,(H,31,32). The minimum Gasteiger partial charge on any atom is -0.507 e. The van der Waals surface area contributed by atoms with Gasteiger partial charge < -0.3 is 14.8 Å². The summed E-state index contributed by atoms with van der Waals surface area (Å²) in [6.45, 7) is 0.521. The molecular weight excluding hydrogens is 498 g/mol. The molecule has 5 aromatic rings. The van der Waals surface area contributed by atoms with Crippen molar-refractivity contribution < 1.29 is 15.0 Å². The van der Waals surface area contributed by atoms with Crippen LogP contribution in [0.25, 0.3) is 21.7 Å². The van der Waals surface area contributed by atoms with Crippen molar-refractivity contribution >= 4 is 55.3 Å². The summed E-state index contributed by atoms with van der Waals surface area (Å²) in [5, 5.41) is 23.3. The Balaban J connectivity index is 1.71. The second kappa shape index (κ2) is 8.96. The van der Waals surface area contributed by atoms with Gasteiger partial charge in [-0.1, -0.05) is 60.7 Å². The van der Waals surface area contributed by atoms with E-state index in [0.29, 0.717) is 22.2 Å². The van der Waals surface area contributed by atoms with Crippen LogP contribution in [0, 0.1) is 0 Å². The maximum absolute atomic E-state index is 12.4. The quantitative estimate of drug-likeness (QED) is 0.232. The van der Waals surface area contributed by atoms with Gasteiger partial charge in [0, 0.05) is 28.3 Å². The first-order valence-corrected chi connectivity index (χ1v) is 12.2. The molecule has 164 valence electrons. The number of phenolic OH excluding ortho intramolecular Hbond substituents is 1. The van der Waals surface area contributed by atoms with Crippen LogP contribution in [0.15, 0.2) is 94.3 Å². The molecule has 1 aromatic heterocycles. The maximum atomic E-state index is 12.4. The molecule has 0 bridgehead atoms. The van der Waals surface area contributed by atoms with Crippen molar-refractivity contribution in [3.05, 3.63) is 106 Å². The minimum absolute atomic E-state index is 0.0228.